The smallest absolute Gasteiger partial charge is 0.336 e. The van der Waals surface area contributed by atoms with Gasteiger partial charge in [0.2, 0.25) is 0 Å². The molecule has 0 unspecified atom stereocenters. The summed E-state index contributed by atoms with van der Waals surface area (Å²) >= 11 is 0. The molecule has 3 rings (SSSR count). The molecule has 0 fully saturated rings. The molecule has 7 heteroatoms. The molecular weight excluding hydrogens is 308 g/mol. The van der Waals surface area contributed by atoms with Crippen molar-refractivity contribution >= 4 is 34.2 Å². The van der Waals surface area contributed by atoms with Crippen molar-refractivity contribution in [2.45, 2.75) is 6.92 Å². The van der Waals surface area contributed by atoms with E-state index in [0.29, 0.717) is 22.0 Å². The first-order valence-corrected chi connectivity index (χ1v) is 7.09. The van der Waals surface area contributed by atoms with Gasteiger partial charge in [-0.2, -0.15) is 0 Å². The lowest BCUT2D eigenvalue weighted by Gasteiger charge is -2.12. The lowest BCUT2D eigenvalue weighted by Crippen LogP contribution is -2.10. The first kappa shape index (κ1) is 15.4. The normalized spacial score (nSPS) is 10.7. The van der Waals surface area contributed by atoms with E-state index in [1.807, 2.05) is 0 Å². The average Bonchev–Trinajstić information content (AvgIpc) is 2.55. The topological polar surface area (TPSA) is 132 Å². The Morgan fingerprint density at radius 1 is 0.958 bits per heavy atom. The molecule has 0 aliphatic carbocycles. The van der Waals surface area contributed by atoms with Gasteiger partial charge in [0.1, 0.15) is 5.69 Å². The van der Waals surface area contributed by atoms with Crippen molar-refractivity contribution in [3.05, 3.63) is 47.7 Å². The fourth-order valence-corrected chi connectivity index (χ4v) is 2.61. The lowest BCUT2D eigenvalue weighted by atomic mass is 9.97. The van der Waals surface area contributed by atoms with Crippen LogP contribution in [0.2, 0.25) is 0 Å². The van der Waals surface area contributed by atoms with Crippen molar-refractivity contribution in [3.8, 4) is 11.3 Å². The van der Waals surface area contributed by atoms with Crippen LogP contribution in [0.4, 0.5) is 11.6 Å². The molecule has 1 heterocycles. The second-order valence-corrected chi connectivity index (χ2v) is 5.26. The van der Waals surface area contributed by atoms with Crippen LogP contribution in [0.25, 0.3) is 22.0 Å². The number of rotatable bonds is 3. The average molecular weight is 322 g/mol. The summed E-state index contributed by atoms with van der Waals surface area (Å²) in [6.07, 6.45) is 0. The number of benzene rings is 2. The molecule has 0 aliphatic heterocycles. The van der Waals surface area contributed by atoms with Crippen LogP contribution in [0.1, 0.15) is 27.8 Å². The molecule has 1 aromatic heterocycles. The van der Waals surface area contributed by atoms with Crippen LogP contribution in [0.15, 0.2) is 36.4 Å². The van der Waals surface area contributed by atoms with Gasteiger partial charge in [0.05, 0.1) is 5.56 Å². The van der Waals surface area contributed by atoms with Crippen molar-refractivity contribution < 1.29 is 14.7 Å². The molecule has 0 bridgehead atoms. The number of nitrogens with two attached hydrogens (primary N) is 2. The number of carbonyl (C=O) groups excluding carboxylic acids is 1. The zero-order chi connectivity index (χ0) is 17.4. The van der Waals surface area contributed by atoms with E-state index in [1.165, 1.54) is 13.0 Å². The molecule has 2 aromatic carbocycles. The van der Waals surface area contributed by atoms with Gasteiger partial charge in [-0.3, -0.25) is 4.79 Å². The number of Topliss-reactive ketones (excluding diaryl/α,β-unsaturated/α-hetero) is 1. The minimum Gasteiger partial charge on any atom is -0.478 e. The van der Waals surface area contributed by atoms with Crippen LogP contribution in [0, 0.1) is 0 Å². The Hall–Kier alpha value is -3.48. The van der Waals surface area contributed by atoms with Gasteiger partial charge in [-0.1, -0.05) is 30.3 Å². The highest BCUT2D eigenvalue weighted by Gasteiger charge is 2.18. The van der Waals surface area contributed by atoms with Crippen LogP contribution < -0.4 is 11.5 Å². The van der Waals surface area contributed by atoms with E-state index >= 15 is 0 Å². The van der Waals surface area contributed by atoms with E-state index < -0.39 is 5.97 Å². The highest BCUT2D eigenvalue weighted by molar-refractivity contribution is 6.09. The van der Waals surface area contributed by atoms with Crippen molar-refractivity contribution in [3.63, 3.8) is 0 Å². The molecule has 0 atom stereocenters. The molecule has 0 radical (unpaired) electrons. The predicted molar refractivity (Wildman–Crippen MR) is 90.8 cm³/mol. The van der Waals surface area contributed by atoms with Crippen LogP contribution in [0.5, 0.6) is 0 Å². The van der Waals surface area contributed by atoms with E-state index in [1.54, 1.807) is 30.3 Å². The maximum Gasteiger partial charge on any atom is 0.336 e. The van der Waals surface area contributed by atoms with Gasteiger partial charge in [0.25, 0.3) is 0 Å². The van der Waals surface area contributed by atoms with Gasteiger partial charge in [0, 0.05) is 12.5 Å². The third kappa shape index (κ3) is 2.41. The molecule has 5 N–H and O–H groups in total. The number of anilines is 2. The molecule has 0 saturated carbocycles. The van der Waals surface area contributed by atoms with E-state index in [-0.39, 0.29) is 28.7 Å². The standard InChI is InChI=1S/C17H14N4O3/c1-8(22)13-15(18)21-14(16(19)20-13)11-6-7-12(17(23)24)10-5-3-2-4-9(10)11/h2-7H,1H3,(H2,18,21)(H2,19,20)(H,23,24). The third-order valence-corrected chi connectivity index (χ3v) is 3.69. The van der Waals surface area contributed by atoms with E-state index in [9.17, 15) is 14.7 Å². The Morgan fingerprint density at radius 3 is 2.25 bits per heavy atom. The summed E-state index contributed by atoms with van der Waals surface area (Å²) in [5, 5.41) is 10.5. The summed E-state index contributed by atoms with van der Waals surface area (Å²) < 4.78 is 0. The van der Waals surface area contributed by atoms with Crippen molar-refractivity contribution in [2.24, 2.45) is 0 Å². The highest BCUT2D eigenvalue weighted by Crippen LogP contribution is 2.33. The van der Waals surface area contributed by atoms with Gasteiger partial charge in [-0.05, 0) is 16.8 Å². The monoisotopic (exact) mass is 322 g/mol. The molecular formula is C17H14N4O3. The van der Waals surface area contributed by atoms with E-state index in [2.05, 4.69) is 9.97 Å². The van der Waals surface area contributed by atoms with Crippen LogP contribution in [0.3, 0.4) is 0 Å². The van der Waals surface area contributed by atoms with Gasteiger partial charge in [-0.15, -0.1) is 0 Å². The first-order valence-electron chi connectivity index (χ1n) is 7.09. The fourth-order valence-electron chi connectivity index (χ4n) is 2.61. The number of nitrogens with zero attached hydrogens (tertiary/aromatic N) is 2. The zero-order valence-electron chi connectivity index (χ0n) is 12.8. The van der Waals surface area contributed by atoms with Crippen LogP contribution >= 0.6 is 0 Å². The predicted octanol–water partition coefficient (Wildman–Crippen LogP) is 2.36. The minimum absolute atomic E-state index is 0.0157. The summed E-state index contributed by atoms with van der Waals surface area (Å²) in [4.78, 5) is 31.1. The van der Waals surface area contributed by atoms with Crippen molar-refractivity contribution in [1.29, 1.82) is 0 Å². The SMILES string of the molecule is CC(=O)c1nc(N)c(-c2ccc(C(=O)O)c3ccccc23)nc1N. The molecule has 0 amide bonds. The second-order valence-electron chi connectivity index (χ2n) is 5.26. The summed E-state index contributed by atoms with van der Waals surface area (Å²) in [5.41, 5.74) is 12.9. The van der Waals surface area contributed by atoms with Crippen LogP contribution in [-0.4, -0.2) is 26.8 Å². The Bertz CT molecular complexity index is 999. The Balaban J connectivity index is 2.32. The maximum absolute atomic E-state index is 11.5. The number of ketones is 1. The zero-order valence-corrected chi connectivity index (χ0v) is 12.8. The number of fused-ring (bicyclic) bond motifs is 1. The number of carboxylic acid groups (broad SMARTS) is 1. The number of hydrogen-bond donors (Lipinski definition) is 3. The number of aromatic nitrogens is 2. The minimum atomic E-state index is -1.02. The fraction of sp³-hybridized carbons (Fsp3) is 0.0588. The van der Waals surface area contributed by atoms with E-state index in [4.69, 9.17) is 11.5 Å². The molecule has 0 spiro atoms. The molecule has 3 aromatic rings. The molecule has 0 aliphatic rings. The Morgan fingerprint density at radius 2 is 1.62 bits per heavy atom. The van der Waals surface area contributed by atoms with Crippen molar-refractivity contribution in [2.75, 3.05) is 11.5 Å². The number of nitrogen functional groups attached to an aromatic ring is 2. The van der Waals surface area contributed by atoms with E-state index in [0.717, 1.165) is 0 Å². The number of carbonyl (C=O) groups is 2. The Kier molecular flexibility index (Phi) is 3.61. The van der Waals surface area contributed by atoms with Gasteiger partial charge >= 0.3 is 5.97 Å². The highest BCUT2D eigenvalue weighted by atomic mass is 16.4. The summed E-state index contributed by atoms with van der Waals surface area (Å²) in [7, 11) is 0. The third-order valence-electron chi connectivity index (χ3n) is 3.69. The van der Waals surface area contributed by atoms with Gasteiger partial charge < -0.3 is 16.6 Å². The summed E-state index contributed by atoms with van der Waals surface area (Å²) in [5.74, 6) is -1.31. The quantitative estimate of drug-likeness (QED) is 0.630. The summed E-state index contributed by atoms with van der Waals surface area (Å²) in [6.45, 7) is 1.33. The largest absolute Gasteiger partial charge is 0.478 e. The van der Waals surface area contributed by atoms with Crippen LogP contribution in [-0.2, 0) is 0 Å². The summed E-state index contributed by atoms with van der Waals surface area (Å²) in [6, 6.07) is 10.1. The molecule has 7 nitrogen and oxygen atoms in total. The maximum atomic E-state index is 11.5. The lowest BCUT2D eigenvalue weighted by molar-refractivity contribution is 0.0699. The first-order chi connectivity index (χ1) is 11.4. The number of hydrogen-bond acceptors (Lipinski definition) is 6. The molecule has 24 heavy (non-hydrogen) atoms. The Labute approximate surface area is 137 Å². The van der Waals surface area contributed by atoms with Crippen molar-refractivity contribution in [1.82, 2.24) is 9.97 Å². The number of aromatic carboxylic acids is 1. The second kappa shape index (κ2) is 5.62. The van der Waals surface area contributed by atoms with Gasteiger partial charge in [0.15, 0.2) is 23.1 Å². The number of carboxylic acids is 1. The molecule has 120 valence electrons. The molecule has 0 saturated heterocycles. The van der Waals surface area contributed by atoms with Gasteiger partial charge in [-0.25, -0.2) is 14.8 Å².